The van der Waals surface area contributed by atoms with Crippen molar-refractivity contribution in [3.8, 4) is 0 Å². The Balaban J connectivity index is 1.50. The van der Waals surface area contributed by atoms with E-state index in [9.17, 15) is 4.79 Å². The van der Waals surface area contributed by atoms with Crippen LogP contribution in [0.3, 0.4) is 0 Å². The Morgan fingerprint density at radius 3 is 2.05 bits per heavy atom. The number of carbonyl (C=O) groups is 1. The second kappa shape index (κ2) is 6.91. The quantitative estimate of drug-likeness (QED) is 0.789. The van der Waals surface area contributed by atoms with E-state index in [1.807, 2.05) is 15.9 Å². The molecule has 0 aliphatic carbocycles. The number of aromatic nitrogens is 2. The van der Waals surface area contributed by atoms with Gasteiger partial charge in [-0.15, -0.1) is 0 Å². The maximum Gasteiger partial charge on any atom is 0.320 e. The molecule has 2 fully saturated rings. The van der Waals surface area contributed by atoms with Gasteiger partial charge in [0.1, 0.15) is 0 Å². The summed E-state index contributed by atoms with van der Waals surface area (Å²) >= 11 is 0. The maximum absolute atomic E-state index is 12.6. The van der Waals surface area contributed by atoms with Crippen molar-refractivity contribution in [2.24, 2.45) is 0 Å². The van der Waals surface area contributed by atoms with Crippen LogP contribution >= 0.6 is 0 Å². The molecule has 1 aromatic rings. The molecule has 0 spiro atoms. The largest absolute Gasteiger partial charge is 0.337 e. The third-order valence-electron chi connectivity index (χ3n) is 4.48. The molecule has 22 heavy (non-hydrogen) atoms. The van der Waals surface area contributed by atoms with Crippen LogP contribution in [0.15, 0.2) is 18.5 Å². The SMILES string of the molecule is CCN1CCN(C(=O)N2CCN(c3ncccn3)CC2)CC1. The van der Waals surface area contributed by atoms with Crippen LogP contribution in [0, 0.1) is 0 Å². The van der Waals surface area contributed by atoms with Gasteiger partial charge in [0.15, 0.2) is 0 Å². The molecule has 2 aliphatic rings. The van der Waals surface area contributed by atoms with Crippen molar-refractivity contribution >= 4 is 12.0 Å². The molecule has 0 unspecified atom stereocenters. The third kappa shape index (κ3) is 3.30. The van der Waals surface area contributed by atoms with E-state index in [1.165, 1.54) is 0 Å². The van der Waals surface area contributed by atoms with Crippen LogP contribution < -0.4 is 4.90 Å². The molecular formula is C15H24N6O. The molecular weight excluding hydrogens is 280 g/mol. The van der Waals surface area contributed by atoms with Gasteiger partial charge in [0, 0.05) is 64.8 Å². The maximum atomic E-state index is 12.6. The summed E-state index contributed by atoms with van der Waals surface area (Å²) in [6.45, 7) is 9.97. The Labute approximate surface area is 131 Å². The lowest BCUT2D eigenvalue weighted by Crippen LogP contribution is -2.57. The van der Waals surface area contributed by atoms with Crippen LogP contribution in [-0.2, 0) is 0 Å². The lowest BCUT2D eigenvalue weighted by molar-refractivity contribution is 0.113. The number of amides is 2. The van der Waals surface area contributed by atoms with Crippen molar-refractivity contribution in [3.05, 3.63) is 18.5 Å². The Morgan fingerprint density at radius 1 is 0.955 bits per heavy atom. The summed E-state index contributed by atoms with van der Waals surface area (Å²) in [6, 6.07) is 2.00. The van der Waals surface area contributed by atoms with Crippen LogP contribution in [-0.4, -0.2) is 89.6 Å². The second-order valence-corrected chi connectivity index (χ2v) is 5.73. The first kappa shape index (κ1) is 15.0. The summed E-state index contributed by atoms with van der Waals surface area (Å²) < 4.78 is 0. The summed E-state index contributed by atoms with van der Waals surface area (Å²) in [7, 11) is 0. The molecule has 7 heteroatoms. The lowest BCUT2D eigenvalue weighted by atomic mass is 10.3. The second-order valence-electron chi connectivity index (χ2n) is 5.73. The van der Waals surface area contributed by atoms with E-state index in [1.54, 1.807) is 12.4 Å². The van der Waals surface area contributed by atoms with Gasteiger partial charge in [-0.2, -0.15) is 0 Å². The molecule has 1 aromatic heterocycles. The molecule has 0 saturated carbocycles. The molecule has 0 N–H and O–H groups in total. The van der Waals surface area contributed by atoms with Crippen LogP contribution in [0.25, 0.3) is 0 Å². The number of carbonyl (C=O) groups excluding carboxylic acids is 1. The molecule has 2 aliphatic heterocycles. The number of urea groups is 1. The average molecular weight is 304 g/mol. The van der Waals surface area contributed by atoms with Crippen molar-refractivity contribution < 1.29 is 4.79 Å². The number of nitrogens with zero attached hydrogens (tertiary/aromatic N) is 6. The van der Waals surface area contributed by atoms with E-state index >= 15 is 0 Å². The number of piperazine rings is 2. The van der Waals surface area contributed by atoms with Gasteiger partial charge < -0.3 is 19.6 Å². The summed E-state index contributed by atoms with van der Waals surface area (Å²) in [6.07, 6.45) is 3.51. The van der Waals surface area contributed by atoms with Crippen molar-refractivity contribution in [3.63, 3.8) is 0 Å². The van der Waals surface area contributed by atoms with Crippen molar-refractivity contribution in [1.82, 2.24) is 24.7 Å². The summed E-state index contributed by atoms with van der Waals surface area (Å²) in [5.74, 6) is 0.756. The van der Waals surface area contributed by atoms with Crippen LogP contribution in [0.5, 0.6) is 0 Å². The fourth-order valence-electron chi connectivity index (χ4n) is 3.01. The minimum Gasteiger partial charge on any atom is -0.337 e. The molecule has 0 aromatic carbocycles. The van der Waals surface area contributed by atoms with E-state index in [4.69, 9.17) is 0 Å². The molecule has 120 valence electrons. The van der Waals surface area contributed by atoms with E-state index in [0.717, 1.165) is 64.9 Å². The van der Waals surface area contributed by atoms with E-state index in [0.29, 0.717) is 0 Å². The zero-order chi connectivity index (χ0) is 15.4. The highest BCUT2D eigenvalue weighted by atomic mass is 16.2. The predicted octanol–water partition coefficient (Wildman–Crippen LogP) is 0.356. The van der Waals surface area contributed by atoms with Gasteiger partial charge in [0.25, 0.3) is 0 Å². The fraction of sp³-hybridized carbons (Fsp3) is 0.667. The number of hydrogen-bond donors (Lipinski definition) is 0. The van der Waals surface area contributed by atoms with E-state index in [-0.39, 0.29) is 6.03 Å². The molecule has 3 rings (SSSR count). The third-order valence-corrected chi connectivity index (χ3v) is 4.48. The van der Waals surface area contributed by atoms with Crippen molar-refractivity contribution in [1.29, 1.82) is 0 Å². The fourth-order valence-corrected chi connectivity index (χ4v) is 3.01. The van der Waals surface area contributed by atoms with Gasteiger partial charge in [0.05, 0.1) is 0 Å². The Morgan fingerprint density at radius 2 is 1.50 bits per heavy atom. The number of hydrogen-bond acceptors (Lipinski definition) is 5. The first-order valence-corrected chi connectivity index (χ1v) is 8.06. The molecule has 2 saturated heterocycles. The zero-order valence-corrected chi connectivity index (χ0v) is 13.2. The topological polar surface area (TPSA) is 55.8 Å². The van der Waals surface area contributed by atoms with Crippen molar-refractivity contribution in [2.45, 2.75) is 6.92 Å². The summed E-state index contributed by atoms with van der Waals surface area (Å²) in [5, 5.41) is 0. The van der Waals surface area contributed by atoms with Crippen LogP contribution in [0.4, 0.5) is 10.7 Å². The molecule has 0 radical (unpaired) electrons. The van der Waals surface area contributed by atoms with Crippen LogP contribution in [0.2, 0.25) is 0 Å². The van der Waals surface area contributed by atoms with Gasteiger partial charge in [-0.05, 0) is 12.6 Å². The van der Waals surface area contributed by atoms with Gasteiger partial charge in [-0.1, -0.05) is 6.92 Å². The average Bonchev–Trinajstić information content (AvgIpc) is 2.62. The monoisotopic (exact) mass is 304 g/mol. The van der Waals surface area contributed by atoms with Crippen molar-refractivity contribution in [2.75, 3.05) is 63.8 Å². The van der Waals surface area contributed by atoms with E-state index < -0.39 is 0 Å². The molecule has 2 amide bonds. The Kier molecular flexibility index (Phi) is 4.72. The van der Waals surface area contributed by atoms with E-state index in [2.05, 4.69) is 26.7 Å². The minimum absolute atomic E-state index is 0.185. The first-order chi connectivity index (χ1) is 10.8. The van der Waals surface area contributed by atoms with Crippen LogP contribution in [0.1, 0.15) is 6.92 Å². The van der Waals surface area contributed by atoms with Gasteiger partial charge >= 0.3 is 6.03 Å². The molecule has 3 heterocycles. The first-order valence-electron chi connectivity index (χ1n) is 8.06. The molecule has 0 bridgehead atoms. The normalized spacial score (nSPS) is 20.3. The Bertz CT molecular complexity index is 480. The minimum atomic E-state index is 0.185. The number of rotatable bonds is 2. The highest BCUT2D eigenvalue weighted by Gasteiger charge is 2.27. The van der Waals surface area contributed by atoms with Gasteiger partial charge in [0.2, 0.25) is 5.95 Å². The summed E-state index contributed by atoms with van der Waals surface area (Å²) in [4.78, 5) is 29.6. The lowest BCUT2D eigenvalue weighted by Gasteiger charge is -2.40. The number of anilines is 1. The van der Waals surface area contributed by atoms with Gasteiger partial charge in [-0.25, -0.2) is 14.8 Å². The zero-order valence-electron chi connectivity index (χ0n) is 13.2. The standard InChI is InChI=1S/C15H24N6O/c1-2-18-6-8-20(9-7-18)15(22)21-12-10-19(11-13-21)14-16-4-3-5-17-14/h3-5H,2,6-13H2,1H3. The number of likely N-dealkylation sites (N-methyl/N-ethyl adjacent to an activating group) is 1. The Hall–Kier alpha value is -1.89. The summed E-state index contributed by atoms with van der Waals surface area (Å²) in [5.41, 5.74) is 0. The highest BCUT2D eigenvalue weighted by molar-refractivity contribution is 5.75. The van der Waals surface area contributed by atoms with Gasteiger partial charge in [-0.3, -0.25) is 0 Å². The molecule has 0 atom stereocenters. The predicted molar refractivity (Wildman–Crippen MR) is 84.9 cm³/mol. The highest BCUT2D eigenvalue weighted by Crippen LogP contribution is 2.12. The smallest absolute Gasteiger partial charge is 0.320 e. The molecule has 7 nitrogen and oxygen atoms in total.